The number of benzene rings is 2. The Morgan fingerprint density at radius 2 is 1.96 bits per heavy atom. The highest BCUT2D eigenvalue weighted by Crippen LogP contribution is 2.40. The number of para-hydroxylation sites is 2. The summed E-state index contributed by atoms with van der Waals surface area (Å²) in [6.07, 6.45) is 0.791. The molecule has 0 bridgehead atoms. The number of carbonyl (C=O) groups excluding carboxylic acids is 1. The number of imidazole rings is 1. The van der Waals surface area contributed by atoms with E-state index in [9.17, 15) is 14.0 Å². The lowest BCUT2D eigenvalue weighted by Crippen LogP contribution is -2.34. The van der Waals surface area contributed by atoms with Gasteiger partial charge in [0.2, 0.25) is 5.91 Å². The van der Waals surface area contributed by atoms with Gasteiger partial charge in [0.1, 0.15) is 12.4 Å². The Bertz CT molecular complexity index is 1020. The van der Waals surface area contributed by atoms with Gasteiger partial charge in [-0.25, -0.2) is 9.18 Å². The molecular weight excluding hydrogens is 321 g/mol. The molecule has 1 fully saturated rings. The second kappa shape index (κ2) is 5.88. The number of aromatic nitrogens is 2. The molecule has 25 heavy (non-hydrogen) atoms. The summed E-state index contributed by atoms with van der Waals surface area (Å²) in [6.45, 7) is -0.0213. The first kappa shape index (κ1) is 15.6. The Labute approximate surface area is 143 Å². The molecule has 1 saturated carbocycles. The Balaban J connectivity index is 1.48. The lowest BCUT2D eigenvalue weighted by molar-refractivity contribution is -0.121. The van der Waals surface area contributed by atoms with E-state index in [0.717, 1.165) is 23.0 Å². The maximum absolute atomic E-state index is 13.3. The molecule has 2 aromatic carbocycles. The SMILES string of the molecule is Cn1c(=O)n(CC(=O)NC2CC2c2cccc(F)c2)c2ccccc21. The van der Waals surface area contributed by atoms with Gasteiger partial charge in [-0.1, -0.05) is 24.3 Å². The molecule has 1 N–H and O–H groups in total. The fourth-order valence-corrected chi connectivity index (χ4v) is 3.37. The van der Waals surface area contributed by atoms with E-state index in [0.29, 0.717) is 0 Å². The second-order valence-corrected chi connectivity index (χ2v) is 6.49. The van der Waals surface area contributed by atoms with Crippen molar-refractivity contribution in [3.63, 3.8) is 0 Å². The van der Waals surface area contributed by atoms with Crippen molar-refractivity contribution in [2.24, 2.45) is 7.05 Å². The van der Waals surface area contributed by atoms with Gasteiger partial charge < -0.3 is 5.32 Å². The maximum atomic E-state index is 13.3. The normalized spacial score (nSPS) is 19.1. The molecule has 6 heteroatoms. The number of hydrogen-bond donors (Lipinski definition) is 1. The average Bonchev–Trinajstić information content (AvgIpc) is 3.33. The molecule has 2 unspecified atom stereocenters. The summed E-state index contributed by atoms with van der Waals surface area (Å²) in [6, 6.07) is 13.9. The first-order chi connectivity index (χ1) is 12.0. The predicted octanol–water partition coefficient (Wildman–Crippen LogP) is 2.15. The van der Waals surface area contributed by atoms with Crippen LogP contribution in [0.15, 0.2) is 53.3 Å². The highest BCUT2D eigenvalue weighted by atomic mass is 19.1. The van der Waals surface area contributed by atoms with Crippen LogP contribution in [0.5, 0.6) is 0 Å². The summed E-state index contributed by atoms with van der Waals surface area (Å²) < 4.78 is 16.3. The van der Waals surface area contributed by atoms with Gasteiger partial charge in [-0.2, -0.15) is 0 Å². The Hall–Kier alpha value is -2.89. The molecule has 5 nitrogen and oxygen atoms in total. The molecule has 1 aliphatic carbocycles. The van der Waals surface area contributed by atoms with Gasteiger partial charge in [-0.05, 0) is 36.2 Å². The van der Waals surface area contributed by atoms with Crippen LogP contribution >= 0.6 is 0 Å². The highest BCUT2D eigenvalue weighted by molar-refractivity contribution is 5.81. The zero-order valence-electron chi connectivity index (χ0n) is 13.8. The van der Waals surface area contributed by atoms with Crippen molar-refractivity contribution < 1.29 is 9.18 Å². The van der Waals surface area contributed by atoms with Crippen LogP contribution in [0.3, 0.4) is 0 Å². The van der Waals surface area contributed by atoms with Crippen LogP contribution in [0, 0.1) is 5.82 Å². The van der Waals surface area contributed by atoms with Crippen molar-refractivity contribution in [3.8, 4) is 0 Å². The Morgan fingerprint density at radius 3 is 2.72 bits per heavy atom. The quantitative estimate of drug-likeness (QED) is 0.792. The first-order valence-corrected chi connectivity index (χ1v) is 8.23. The summed E-state index contributed by atoms with van der Waals surface area (Å²) >= 11 is 0. The standard InChI is InChI=1S/C19H18FN3O2/c1-22-16-7-2-3-8-17(16)23(19(22)25)11-18(24)21-15-10-14(15)12-5-4-6-13(20)9-12/h2-9,14-15H,10-11H2,1H3,(H,21,24). The molecule has 1 amide bonds. The summed E-state index contributed by atoms with van der Waals surface area (Å²) in [5, 5.41) is 2.94. The zero-order valence-corrected chi connectivity index (χ0v) is 13.8. The lowest BCUT2D eigenvalue weighted by atomic mass is 10.1. The van der Waals surface area contributed by atoms with E-state index >= 15 is 0 Å². The van der Waals surface area contributed by atoms with E-state index in [-0.39, 0.29) is 35.9 Å². The minimum Gasteiger partial charge on any atom is -0.351 e. The van der Waals surface area contributed by atoms with Crippen LogP contribution in [0.1, 0.15) is 17.9 Å². The summed E-state index contributed by atoms with van der Waals surface area (Å²) in [4.78, 5) is 24.7. The monoisotopic (exact) mass is 339 g/mol. The molecule has 0 aliphatic heterocycles. The lowest BCUT2D eigenvalue weighted by Gasteiger charge is -2.06. The van der Waals surface area contributed by atoms with Crippen molar-refractivity contribution in [3.05, 3.63) is 70.4 Å². The van der Waals surface area contributed by atoms with Crippen LogP contribution < -0.4 is 11.0 Å². The summed E-state index contributed by atoms with van der Waals surface area (Å²) in [5.41, 5.74) is 2.22. The minimum atomic E-state index is -0.267. The van der Waals surface area contributed by atoms with Crippen molar-refractivity contribution in [1.29, 1.82) is 0 Å². The number of aryl methyl sites for hydroxylation is 1. The Kier molecular flexibility index (Phi) is 3.67. The number of carbonyl (C=O) groups is 1. The minimum absolute atomic E-state index is 0.0000199. The van der Waals surface area contributed by atoms with Gasteiger partial charge in [0.25, 0.3) is 0 Å². The molecule has 0 saturated heterocycles. The van der Waals surface area contributed by atoms with E-state index in [4.69, 9.17) is 0 Å². The molecule has 2 atom stereocenters. The van der Waals surface area contributed by atoms with Crippen molar-refractivity contribution in [2.45, 2.75) is 24.9 Å². The van der Waals surface area contributed by atoms with Crippen LogP contribution in [0.25, 0.3) is 11.0 Å². The first-order valence-electron chi connectivity index (χ1n) is 8.23. The summed E-state index contributed by atoms with van der Waals surface area (Å²) in [5.74, 6) is -0.331. The number of hydrogen-bond acceptors (Lipinski definition) is 2. The molecule has 128 valence electrons. The third-order valence-corrected chi connectivity index (χ3v) is 4.77. The fourth-order valence-electron chi connectivity index (χ4n) is 3.37. The van der Waals surface area contributed by atoms with E-state index < -0.39 is 0 Å². The van der Waals surface area contributed by atoms with E-state index in [1.807, 2.05) is 30.3 Å². The third kappa shape index (κ3) is 2.84. The number of rotatable bonds is 4. The van der Waals surface area contributed by atoms with Crippen molar-refractivity contribution in [1.82, 2.24) is 14.5 Å². The molecule has 1 aromatic heterocycles. The molecule has 0 spiro atoms. The van der Waals surface area contributed by atoms with Crippen LogP contribution in [0.4, 0.5) is 4.39 Å². The summed E-state index contributed by atoms with van der Waals surface area (Å²) in [7, 11) is 1.69. The maximum Gasteiger partial charge on any atom is 0.329 e. The smallest absolute Gasteiger partial charge is 0.329 e. The van der Waals surface area contributed by atoms with Gasteiger partial charge in [-0.15, -0.1) is 0 Å². The number of halogens is 1. The molecule has 1 heterocycles. The third-order valence-electron chi connectivity index (χ3n) is 4.77. The second-order valence-electron chi connectivity index (χ2n) is 6.49. The van der Waals surface area contributed by atoms with Crippen molar-refractivity contribution in [2.75, 3.05) is 0 Å². The molecule has 0 radical (unpaired) electrons. The van der Waals surface area contributed by atoms with Gasteiger partial charge in [0.15, 0.2) is 0 Å². The molecule has 1 aliphatic rings. The van der Waals surface area contributed by atoms with E-state index in [1.165, 1.54) is 21.3 Å². The largest absolute Gasteiger partial charge is 0.351 e. The Morgan fingerprint density at radius 1 is 1.20 bits per heavy atom. The topological polar surface area (TPSA) is 56.0 Å². The van der Waals surface area contributed by atoms with Crippen LogP contribution in [0.2, 0.25) is 0 Å². The van der Waals surface area contributed by atoms with Gasteiger partial charge in [0, 0.05) is 19.0 Å². The van der Waals surface area contributed by atoms with Gasteiger partial charge in [-0.3, -0.25) is 13.9 Å². The highest BCUT2D eigenvalue weighted by Gasteiger charge is 2.39. The molecular formula is C19H18FN3O2. The predicted molar refractivity (Wildman–Crippen MR) is 92.9 cm³/mol. The average molecular weight is 339 g/mol. The fraction of sp³-hybridized carbons (Fsp3) is 0.263. The number of nitrogens with one attached hydrogen (secondary N) is 1. The molecule has 3 aromatic rings. The van der Waals surface area contributed by atoms with Crippen molar-refractivity contribution >= 4 is 16.9 Å². The number of amides is 1. The van der Waals surface area contributed by atoms with E-state index in [1.54, 1.807) is 13.1 Å². The van der Waals surface area contributed by atoms with E-state index in [2.05, 4.69) is 5.32 Å². The number of nitrogens with zero attached hydrogens (tertiary/aromatic N) is 2. The van der Waals surface area contributed by atoms with Crippen LogP contribution in [-0.2, 0) is 18.4 Å². The van der Waals surface area contributed by atoms with Crippen LogP contribution in [-0.4, -0.2) is 21.1 Å². The number of fused-ring (bicyclic) bond motifs is 1. The van der Waals surface area contributed by atoms with Gasteiger partial charge in [0.05, 0.1) is 11.0 Å². The zero-order chi connectivity index (χ0) is 17.6. The molecule has 4 rings (SSSR count). The van der Waals surface area contributed by atoms with Gasteiger partial charge >= 0.3 is 5.69 Å².